The van der Waals surface area contributed by atoms with Crippen molar-refractivity contribution < 1.29 is 13.0 Å². The van der Waals surface area contributed by atoms with Gasteiger partial charge in [-0.1, -0.05) is 12.1 Å². The summed E-state index contributed by atoms with van der Waals surface area (Å²) in [5.41, 5.74) is 2.94. The van der Waals surface area contributed by atoms with Crippen LogP contribution in [0.25, 0.3) is 27.8 Å². The standard InChI is InChI=1S/C22H18F2N4O2S/c23-22(24)7-6-18(10-22)31(30)19-9-16-12-27-28(21(16)26-13-19)17-3-1-2-14(8-17)15-4-5-20(29)25-11-15/h1-5,8-9,11-13,18H,6-7,10H2,(H,25,29)/t18-,31?/m1/s1. The molecule has 3 heterocycles. The van der Waals surface area contributed by atoms with Crippen LogP contribution in [0.1, 0.15) is 19.3 Å². The number of halogens is 2. The van der Waals surface area contributed by atoms with Crippen molar-refractivity contribution in [2.75, 3.05) is 0 Å². The van der Waals surface area contributed by atoms with E-state index >= 15 is 0 Å². The first-order valence-electron chi connectivity index (χ1n) is 9.81. The Morgan fingerprint density at radius 3 is 2.74 bits per heavy atom. The molecule has 9 heteroatoms. The second kappa shape index (κ2) is 7.49. The Morgan fingerprint density at radius 1 is 1.13 bits per heavy atom. The second-order valence-corrected chi connectivity index (χ2v) is 9.38. The van der Waals surface area contributed by atoms with E-state index < -0.39 is 22.0 Å². The van der Waals surface area contributed by atoms with Crippen LogP contribution in [0.5, 0.6) is 0 Å². The average molecular weight is 440 g/mol. The van der Waals surface area contributed by atoms with Crippen molar-refractivity contribution in [3.8, 4) is 16.8 Å². The fourth-order valence-electron chi connectivity index (χ4n) is 3.89. The molecule has 1 unspecified atom stereocenters. The van der Waals surface area contributed by atoms with Crippen LogP contribution in [-0.4, -0.2) is 35.1 Å². The minimum absolute atomic E-state index is 0.170. The Labute approximate surface area is 178 Å². The van der Waals surface area contributed by atoms with Crippen molar-refractivity contribution in [1.29, 1.82) is 0 Å². The molecule has 0 saturated heterocycles. The van der Waals surface area contributed by atoms with Crippen LogP contribution in [0.15, 0.2) is 70.7 Å². The molecule has 5 rings (SSSR count). The van der Waals surface area contributed by atoms with E-state index in [1.807, 2.05) is 24.3 Å². The number of benzene rings is 1. The van der Waals surface area contributed by atoms with Gasteiger partial charge in [-0.2, -0.15) is 5.10 Å². The van der Waals surface area contributed by atoms with Crippen LogP contribution in [-0.2, 0) is 10.8 Å². The van der Waals surface area contributed by atoms with Gasteiger partial charge in [-0.15, -0.1) is 0 Å². The SMILES string of the molecule is O=c1ccc(-c2cccc(-n3ncc4cc(S(=O)[C@@H]5CCC(F)(F)C5)cnc43)c2)c[nH]1. The van der Waals surface area contributed by atoms with E-state index in [1.54, 1.807) is 29.2 Å². The van der Waals surface area contributed by atoms with Crippen molar-refractivity contribution in [2.24, 2.45) is 0 Å². The maximum Gasteiger partial charge on any atom is 0.249 e. The van der Waals surface area contributed by atoms with Crippen molar-refractivity contribution in [3.63, 3.8) is 0 Å². The number of rotatable bonds is 4. The predicted octanol–water partition coefficient (Wildman–Crippen LogP) is 4.07. The molecule has 4 aromatic rings. The molecule has 158 valence electrons. The quantitative estimate of drug-likeness (QED) is 0.519. The largest absolute Gasteiger partial charge is 0.328 e. The third-order valence-electron chi connectivity index (χ3n) is 5.48. The lowest BCUT2D eigenvalue weighted by atomic mass is 10.1. The van der Waals surface area contributed by atoms with E-state index in [-0.39, 0.29) is 24.8 Å². The lowest BCUT2D eigenvalue weighted by Crippen LogP contribution is -2.16. The Bertz CT molecular complexity index is 1340. The van der Waals surface area contributed by atoms with Gasteiger partial charge in [0.1, 0.15) is 0 Å². The van der Waals surface area contributed by atoms with Crippen LogP contribution >= 0.6 is 0 Å². The number of alkyl halides is 2. The van der Waals surface area contributed by atoms with Gasteiger partial charge in [0.25, 0.3) is 0 Å². The highest BCUT2D eigenvalue weighted by molar-refractivity contribution is 7.85. The van der Waals surface area contributed by atoms with E-state index in [0.717, 1.165) is 16.8 Å². The highest BCUT2D eigenvalue weighted by Crippen LogP contribution is 2.38. The molecule has 0 bridgehead atoms. The molecular weight excluding hydrogens is 422 g/mol. The summed E-state index contributed by atoms with van der Waals surface area (Å²) >= 11 is 0. The van der Waals surface area contributed by atoms with Crippen molar-refractivity contribution in [3.05, 3.63) is 71.4 Å². The van der Waals surface area contributed by atoms with Gasteiger partial charge in [0.2, 0.25) is 11.5 Å². The Balaban J connectivity index is 1.47. The lowest BCUT2D eigenvalue weighted by Gasteiger charge is -2.11. The Kier molecular flexibility index (Phi) is 4.77. The maximum absolute atomic E-state index is 13.5. The predicted molar refractivity (Wildman–Crippen MR) is 114 cm³/mol. The van der Waals surface area contributed by atoms with Crippen LogP contribution in [0.4, 0.5) is 8.78 Å². The summed E-state index contributed by atoms with van der Waals surface area (Å²) in [6.45, 7) is 0. The number of H-pyrrole nitrogens is 1. The number of nitrogens with one attached hydrogen (secondary N) is 1. The zero-order valence-corrected chi connectivity index (χ0v) is 17.1. The molecule has 1 fully saturated rings. The molecule has 0 radical (unpaired) electrons. The van der Waals surface area contributed by atoms with Gasteiger partial charge in [0.15, 0.2) is 5.65 Å². The van der Waals surface area contributed by atoms with Gasteiger partial charge in [-0.05, 0) is 41.8 Å². The van der Waals surface area contributed by atoms with Crippen LogP contribution in [0.3, 0.4) is 0 Å². The molecule has 6 nitrogen and oxygen atoms in total. The maximum atomic E-state index is 13.5. The lowest BCUT2D eigenvalue weighted by molar-refractivity contribution is 0.00967. The Morgan fingerprint density at radius 2 is 2.00 bits per heavy atom. The van der Waals surface area contributed by atoms with E-state index in [1.165, 1.54) is 12.3 Å². The monoisotopic (exact) mass is 440 g/mol. The highest BCUT2D eigenvalue weighted by atomic mass is 32.2. The molecule has 2 atom stereocenters. The minimum Gasteiger partial charge on any atom is -0.328 e. The zero-order valence-electron chi connectivity index (χ0n) is 16.3. The number of nitrogens with zero attached hydrogens (tertiary/aromatic N) is 3. The molecule has 31 heavy (non-hydrogen) atoms. The van der Waals surface area contributed by atoms with Gasteiger partial charge in [0.05, 0.1) is 27.6 Å². The fourth-order valence-corrected chi connectivity index (χ4v) is 5.40. The number of aromatic nitrogens is 4. The summed E-state index contributed by atoms with van der Waals surface area (Å²) in [4.78, 5) is 18.8. The Hall–Kier alpha value is -3.20. The number of aromatic amines is 1. The van der Waals surface area contributed by atoms with E-state index in [0.29, 0.717) is 15.9 Å². The topological polar surface area (TPSA) is 80.6 Å². The summed E-state index contributed by atoms with van der Waals surface area (Å²) < 4.78 is 41.5. The third-order valence-corrected chi connectivity index (χ3v) is 7.18. The van der Waals surface area contributed by atoms with Crippen molar-refractivity contribution >= 4 is 21.8 Å². The molecule has 0 aliphatic heterocycles. The van der Waals surface area contributed by atoms with Crippen LogP contribution in [0.2, 0.25) is 0 Å². The molecule has 0 amide bonds. The number of hydrogen-bond acceptors (Lipinski definition) is 4. The molecule has 1 aliphatic carbocycles. The summed E-state index contributed by atoms with van der Waals surface area (Å²) in [6.07, 6.45) is 4.43. The molecular formula is C22H18F2N4O2S. The normalized spacial score (nSPS) is 19.0. The van der Waals surface area contributed by atoms with E-state index in [9.17, 15) is 17.8 Å². The summed E-state index contributed by atoms with van der Waals surface area (Å²) in [6, 6.07) is 12.5. The zero-order chi connectivity index (χ0) is 21.6. The van der Waals surface area contributed by atoms with Crippen molar-refractivity contribution in [2.45, 2.75) is 35.3 Å². The van der Waals surface area contributed by atoms with E-state index in [2.05, 4.69) is 15.1 Å². The van der Waals surface area contributed by atoms with Crippen LogP contribution < -0.4 is 5.56 Å². The molecule has 3 aromatic heterocycles. The van der Waals surface area contributed by atoms with Gasteiger partial charge in [-0.3, -0.25) is 9.00 Å². The van der Waals surface area contributed by atoms with Gasteiger partial charge in [-0.25, -0.2) is 18.4 Å². The molecule has 1 N–H and O–H groups in total. The summed E-state index contributed by atoms with van der Waals surface area (Å²) in [5.74, 6) is -2.74. The van der Waals surface area contributed by atoms with E-state index in [4.69, 9.17) is 0 Å². The first-order valence-corrected chi connectivity index (χ1v) is 11.0. The minimum atomic E-state index is -2.74. The molecule has 1 aromatic carbocycles. The smallest absolute Gasteiger partial charge is 0.249 e. The number of hydrogen-bond donors (Lipinski definition) is 1. The second-order valence-electron chi connectivity index (χ2n) is 7.65. The molecule has 1 aliphatic rings. The highest BCUT2D eigenvalue weighted by Gasteiger charge is 2.42. The summed E-state index contributed by atoms with van der Waals surface area (Å²) in [7, 11) is -1.54. The third kappa shape index (κ3) is 3.81. The summed E-state index contributed by atoms with van der Waals surface area (Å²) in [5, 5.41) is 4.54. The number of fused-ring (bicyclic) bond motifs is 1. The van der Waals surface area contributed by atoms with Gasteiger partial charge in [0, 0.05) is 41.9 Å². The first kappa shape index (κ1) is 19.7. The molecule has 1 saturated carbocycles. The first-order chi connectivity index (χ1) is 14.9. The van der Waals surface area contributed by atoms with Gasteiger partial charge < -0.3 is 4.98 Å². The van der Waals surface area contributed by atoms with Gasteiger partial charge >= 0.3 is 0 Å². The average Bonchev–Trinajstić information content (AvgIpc) is 3.36. The van der Waals surface area contributed by atoms with Crippen molar-refractivity contribution in [1.82, 2.24) is 19.7 Å². The van der Waals surface area contributed by atoms with Crippen LogP contribution in [0, 0.1) is 0 Å². The fraction of sp³-hybridized carbons (Fsp3) is 0.227. The number of pyridine rings is 2. The molecule has 0 spiro atoms.